The Morgan fingerprint density at radius 1 is 1.19 bits per heavy atom. The van der Waals surface area contributed by atoms with E-state index in [4.69, 9.17) is 4.74 Å². The third-order valence-corrected chi connectivity index (χ3v) is 5.51. The van der Waals surface area contributed by atoms with Gasteiger partial charge in [-0.25, -0.2) is 14.8 Å². The third-order valence-electron chi connectivity index (χ3n) is 4.56. The molecule has 1 fully saturated rings. The van der Waals surface area contributed by atoms with Gasteiger partial charge in [-0.1, -0.05) is 13.8 Å². The summed E-state index contributed by atoms with van der Waals surface area (Å²) in [6.07, 6.45) is 0. The number of hydrogen-bond donors (Lipinski definition) is 0. The lowest BCUT2D eigenvalue weighted by molar-refractivity contribution is 0.0410. The Kier molecular flexibility index (Phi) is 6.33. The minimum Gasteiger partial charge on any atom is -0.379 e. The second kappa shape index (κ2) is 8.53. The van der Waals surface area contributed by atoms with Crippen molar-refractivity contribution < 1.29 is 4.74 Å². The van der Waals surface area contributed by atoms with Crippen molar-refractivity contribution >= 4 is 22.8 Å². The molecule has 1 aliphatic heterocycles. The maximum absolute atomic E-state index is 12.8. The average molecular weight is 394 g/mol. The molecular weight excluding hydrogens is 366 g/mol. The molecule has 0 N–H and O–H groups in total. The van der Waals surface area contributed by atoms with Gasteiger partial charge < -0.3 is 4.74 Å². The highest BCUT2D eigenvalue weighted by Crippen LogP contribution is 2.23. The van der Waals surface area contributed by atoms with Crippen LogP contribution in [0.3, 0.4) is 0 Å². The first-order valence-corrected chi connectivity index (χ1v) is 10.3. The van der Waals surface area contributed by atoms with Crippen LogP contribution in [-0.2, 0) is 18.3 Å². The van der Waals surface area contributed by atoms with Gasteiger partial charge in [0.15, 0.2) is 5.65 Å². The summed E-state index contributed by atoms with van der Waals surface area (Å²) in [6, 6.07) is 0. The molecule has 2 aromatic heterocycles. The second-order valence-corrected chi connectivity index (χ2v) is 8.31. The average Bonchev–Trinajstić information content (AvgIpc) is 2.63. The van der Waals surface area contributed by atoms with Crippen LogP contribution >= 0.6 is 11.8 Å². The maximum atomic E-state index is 12.8. The van der Waals surface area contributed by atoms with Crippen LogP contribution in [0.25, 0.3) is 11.0 Å². The van der Waals surface area contributed by atoms with Crippen LogP contribution in [0.1, 0.15) is 19.7 Å². The fourth-order valence-corrected chi connectivity index (χ4v) is 4.23. The molecule has 8 nitrogen and oxygen atoms in total. The number of aromatic nitrogens is 4. The standard InChI is InChI=1S/C18H27N5O3S/c1-12(2)11-23-15-14(17(24)21(4)18(23)25)16(20-13(3)19-15)27-10-7-22-5-8-26-9-6-22/h12H,5-11H2,1-4H3. The maximum Gasteiger partial charge on any atom is 0.332 e. The Bertz CT molecular complexity index is 931. The van der Waals surface area contributed by atoms with Crippen molar-refractivity contribution in [1.29, 1.82) is 0 Å². The smallest absolute Gasteiger partial charge is 0.332 e. The molecule has 9 heteroatoms. The first-order valence-electron chi connectivity index (χ1n) is 9.29. The monoisotopic (exact) mass is 393 g/mol. The number of ether oxygens (including phenoxy) is 1. The first kappa shape index (κ1) is 20.0. The van der Waals surface area contributed by atoms with Crippen LogP contribution < -0.4 is 11.2 Å². The van der Waals surface area contributed by atoms with E-state index in [2.05, 4.69) is 14.9 Å². The molecule has 0 saturated carbocycles. The minimum absolute atomic E-state index is 0.260. The summed E-state index contributed by atoms with van der Waals surface area (Å²) in [7, 11) is 1.52. The molecule has 0 amide bonds. The second-order valence-electron chi connectivity index (χ2n) is 7.23. The van der Waals surface area contributed by atoms with Gasteiger partial charge in [-0.15, -0.1) is 11.8 Å². The number of rotatable bonds is 6. The number of hydrogen-bond acceptors (Lipinski definition) is 7. The molecule has 0 radical (unpaired) electrons. The molecule has 0 atom stereocenters. The highest BCUT2D eigenvalue weighted by Gasteiger charge is 2.19. The van der Waals surface area contributed by atoms with Crippen LogP contribution in [-0.4, -0.2) is 62.6 Å². The topological polar surface area (TPSA) is 82.3 Å². The predicted molar refractivity (Wildman–Crippen MR) is 107 cm³/mol. The Hall–Kier alpha value is -1.71. The van der Waals surface area contributed by atoms with E-state index in [0.717, 1.165) is 43.2 Å². The SMILES string of the molecule is Cc1nc(SCCN2CCOCC2)c2c(=O)n(C)c(=O)n(CC(C)C)c2n1. The third kappa shape index (κ3) is 4.41. The summed E-state index contributed by atoms with van der Waals surface area (Å²) in [5.41, 5.74) is -0.217. The summed E-state index contributed by atoms with van der Waals surface area (Å²) in [5.74, 6) is 1.65. The van der Waals surface area contributed by atoms with Crippen molar-refractivity contribution in [2.45, 2.75) is 32.3 Å². The van der Waals surface area contributed by atoms with Crippen molar-refractivity contribution in [3.63, 3.8) is 0 Å². The summed E-state index contributed by atoms with van der Waals surface area (Å²) < 4.78 is 8.14. The van der Waals surface area contributed by atoms with E-state index in [1.807, 2.05) is 13.8 Å². The molecule has 0 aliphatic carbocycles. The quantitative estimate of drug-likeness (QED) is 0.532. The Morgan fingerprint density at radius 3 is 2.56 bits per heavy atom. The molecule has 3 heterocycles. The van der Waals surface area contributed by atoms with E-state index >= 15 is 0 Å². The van der Waals surface area contributed by atoms with Gasteiger partial charge in [0.2, 0.25) is 0 Å². The molecule has 0 spiro atoms. The van der Waals surface area contributed by atoms with E-state index in [1.165, 1.54) is 7.05 Å². The van der Waals surface area contributed by atoms with Gasteiger partial charge in [-0.05, 0) is 12.8 Å². The van der Waals surface area contributed by atoms with Crippen molar-refractivity contribution in [2.75, 3.05) is 38.6 Å². The van der Waals surface area contributed by atoms with Gasteiger partial charge in [-0.3, -0.25) is 18.8 Å². The van der Waals surface area contributed by atoms with Crippen LogP contribution in [0, 0.1) is 12.8 Å². The van der Waals surface area contributed by atoms with Crippen LogP contribution in [0.4, 0.5) is 0 Å². The van der Waals surface area contributed by atoms with Crippen LogP contribution in [0.2, 0.25) is 0 Å². The molecule has 0 bridgehead atoms. The Labute approximate surface area is 162 Å². The van der Waals surface area contributed by atoms with Crippen LogP contribution in [0.5, 0.6) is 0 Å². The van der Waals surface area contributed by atoms with Gasteiger partial charge >= 0.3 is 5.69 Å². The molecule has 27 heavy (non-hydrogen) atoms. The molecule has 2 aromatic rings. The van der Waals surface area contributed by atoms with Crippen molar-refractivity contribution in [3.8, 4) is 0 Å². The van der Waals surface area contributed by atoms with E-state index in [9.17, 15) is 9.59 Å². The molecule has 148 valence electrons. The molecule has 0 unspecified atom stereocenters. The summed E-state index contributed by atoms with van der Waals surface area (Å²) in [4.78, 5) is 36.7. The molecule has 1 aliphatic rings. The zero-order valence-electron chi connectivity index (χ0n) is 16.4. The normalized spacial score (nSPS) is 15.7. The van der Waals surface area contributed by atoms with Crippen molar-refractivity contribution in [3.05, 3.63) is 26.7 Å². The number of fused-ring (bicyclic) bond motifs is 1. The first-order chi connectivity index (χ1) is 12.9. The molecule has 3 rings (SSSR count). The molecule has 0 aromatic carbocycles. The van der Waals surface area contributed by atoms with Gasteiger partial charge in [-0.2, -0.15) is 0 Å². The van der Waals surface area contributed by atoms with E-state index in [-0.39, 0.29) is 17.2 Å². The molecular formula is C18H27N5O3S. The van der Waals surface area contributed by atoms with Gasteiger partial charge in [0, 0.05) is 39.0 Å². The number of thioether (sulfide) groups is 1. The number of morpholine rings is 1. The lowest BCUT2D eigenvalue weighted by atomic mass is 10.2. The lowest BCUT2D eigenvalue weighted by Gasteiger charge is -2.26. The van der Waals surface area contributed by atoms with Gasteiger partial charge in [0.25, 0.3) is 5.56 Å². The fraction of sp³-hybridized carbons (Fsp3) is 0.667. The van der Waals surface area contributed by atoms with Crippen molar-refractivity contribution in [1.82, 2.24) is 24.0 Å². The Morgan fingerprint density at radius 2 is 1.89 bits per heavy atom. The van der Waals surface area contributed by atoms with Crippen LogP contribution in [0.15, 0.2) is 14.6 Å². The zero-order chi connectivity index (χ0) is 19.6. The largest absolute Gasteiger partial charge is 0.379 e. The van der Waals surface area contributed by atoms with Crippen molar-refractivity contribution in [2.24, 2.45) is 13.0 Å². The highest BCUT2D eigenvalue weighted by molar-refractivity contribution is 7.99. The number of nitrogens with zero attached hydrogens (tertiary/aromatic N) is 5. The highest BCUT2D eigenvalue weighted by atomic mass is 32.2. The lowest BCUT2D eigenvalue weighted by Crippen LogP contribution is -2.39. The minimum atomic E-state index is -0.330. The zero-order valence-corrected chi connectivity index (χ0v) is 17.2. The van der Waals surface area contributed by atoms with E-state index in [0.29, 0.717) is 28.4 Å². The van der Waals surface area contributed by atoms with Gasteiger partial charge in [0.05, 0.1) is 13.2 Å². The Balaban J connectivity index is 1.98. The van der Waals surface area contributed by atoms with E-state index in [1.54, 1.807) is 23.3 Å². The fourth-order valence-electron chi connectivity index (χ4n) is 3.17. The summed E-state index contributed by atoms with van der Waals surface area (Å²) >= 11 is 1.55. The van der Waals surface area contributed by atoms with Gasteiger partial charge in [0.1, 0.15) is 16.2 Å². The number of aryl methyl sites for hydroxylation is 1. The predicted octanol–water partition coefficient (Wildman–Crippen LogP) is 0.879. The summed E-state index contributed by atoms with van der Waals surface area (Å²) in [5, 5.41) is 1.10. The summed E-state index contributed by atoms with van der Waals surface area (Å²) in [6.45, 7) is 10.7. The van der Waals surface area contributed by atoms with E-state index < -0.39 is 0 Å². The molecule has 1 saturated heterocycles.